The smallest absolute Gasteiger partial charge is 0.171 e. The van der Waals surface area contributed by atoms with Crippen LogP contribution in [0.3, 0.4) is 0 Å². The molecule has 13 heavy (non-hydrogen) atoms. The van der Waals surface area contributed by atoms with Gasteiger partial charge in [-0.1, -0.05) is 23.9 Å². The fourth-order valence-electron chi connectivity index (χ4n) is 1.64. The zero-order valence-corrected chi connectivity index (χ0v) is 7.66. The molecular weight excluding hydrogens is 184 g/mol. The van der Waals surface area contributed by atoms with Crippen LogP contribution in [0, 0.1) is 0 Å². The Morgan fingerprint density at radius 3 is 3.23 bits per heavy atom. The lowest BCUT2D eigenvalue weighted by Crippen LogP contribution is -2.03. The van der Waals surface area contributed by atoms with Gasteiger partial charge in [-0.05, 0) is 12.1 Å². The molecule has 1 aliphatic rings. The van der Waals surface area contributed by atoms with Gasteiger partial charge in [0.05, 0.1) is 11.0 Å². The third-order valence-electron chi connectivity index (χ3n) is 2.22. The molecule has 4 heteroatoms. The van der Waals surface area contributed by atoms with E-state index in [-0.39, 0.29) is 0 Å². The number of benzene rings is 1. The van der Waals surface area contributed by atoms with E-state index in [2.05, 4.69) is 4.98 Å². The Morgan fingerprint density at radius 2 is 2.31 bits per heavy atom. The van der Waals surface area contributed by atoms with Crippen molar-refractivity contribution in [3.05, 3.63) is 24.3 Å². The molecule has 0 bridgehead atoms. The Hall–Kier alpha value is -1.00. The number of hydrogen-bond donors (Lipinski definition) is 1. The monoisotopic (exact) mass is 192 g/mol. The van der Waals surface area contributed by atoms with Crippen LogP contribution in [-0.4, -0.2) is 20.4 Å². The van der Waals surface area contributed by atoms with Gasteiger partial charge in [-0.15, -0.1) is 0 Å². The first-order valence-corrected chi connectivity index (χ1v) is 5.12. The van der Waals surface area contributed by atoms with Crippen molar-refractivity contribution in [1.29, 1.82) is 0 Å². The molecule has 0 aliphatic carbocycles. The normalized spacial score (nSPS) is 20.8. The standard InChI is InChI=1S/C9H8N2OS/c12-8-5-13-9-10-6-3-1-2-4-7(6)11(8)9/h1-4,8,12H,5H2/t8-/m0/s1. The van der Waals surface area contributed by atoms with Gasteiger partial charge in [0.25, 0.3) is 0 Å². The highest BCUT2D eigenvalue weighted by molar-refractivity contribution is 7.99. The summed E-state index contributed by atoms with van der Waals surface area (Å²) in [6, 6.07) is 7.88. The van der Waals surface area contributed by atoms with Crippen molar-refractivity contribution in [3.63, 3.8) is 0 Å². The van der Waals surface area contributed by atoms with Crippen molar-refractivity contribution in [1.82, 2.24) is 9.55 Å². The summed E-state index contributed by atoms with van der Waals surface area (Å²) in [6.07, 6.45) is -0.410. The largest absolute Gasteiger partial charge is 0.372 e. The number of hydrogen-bond acceptors (Lipinski definition) is 3. The molecule has 0 amide bonds. The highest BCUT2D eigenvalue weighted by Gasteiger charge is 2.23. The van der Waals surface area contributed by atoms with Crippen molar-refractivity contribution in [3.8, 4) is 0 Å². The Kier molecular flexibility index (Phi) is 1.42. The fraction of sp³-hybridized carbons (Fsp3) is 0.222. The van der Waals surface area contributed by atoms with Crippen LogP contribution >= 0.6 is 11.8 Å². The topological polar surface area (TPSA) is 38.1 Å². The molecule has 2 aromatic rings. The first kappa shape index (κ1) is 7.41. The second-order valence-electron chi connectivity index (χ2n) is 3.04. The second kappa shape index (κ2) is 2.49. The minimum atomic E-state index is -0.410. The lowest BCUT2D eigenvalue weighted by molar-refractivity contribution is 0.132. The lowest BCUT2D eigenvalue weighted by Gasteiger charge is -2.04. The van der Waals surface area contributed by atoms with Gasteiger partial charge in [0.2, 0.25) is 0 Å². The van der Waals surface area contributed by atoms with Crippen molar-refractivity contribution >= 4 is 22.8 Å². The summed E-state index contributed by atoms with van der Waals surface area (Å²) < 4.78 is 1.89. The number of nitrogens with zero attached hydrogens (tertiary/aromatic N) is 2. The van der Waals surface area contributed by atoms with E-state index in [1.165, 1.54) is 0 Å². The highest BCUT2D eigenvalue weighted by atomic mass is 32.2. The summed E-state index contributed by atoms with van der Waals surface area (Å²) in [6.45, 7) is 0. The van der Waals surface area contributed by atoms with Crippen LogP contribution in [-0.2, 0) is 0 Å². The Morgan fingerprint density at radius 1 is 1.46 bits per heavy atom. The molecule has 1 aromatic heterocycles. The van der Waals surface area contributed by atoms with Crippen LogP contribution in [0.25, 0.3) is 11.0 Å². The Bertz CT molecular complexity index is 466. The number of para-hydroxylation sites is 2. The average molecular weight is 192 g/mol. The van der Waals surface area contributed by atoms with Gasteiger partial charge >= 0.3 is 0 Å². The third-order valence-corrected chi connectivity index (χ3v) is 3.23. The molecule has 2 heterocycles. The molecule has 1 aliphatic heterocycles. The van der Waals surface area contributed by atoms with Crippen LogP contribution in [0.5, 0.6) is 0 Å². The maximum absolute atomic E-state index is 9.67. The van der Waals surface area contributed by atoms with Crippen molar-refractivity contribution in [2.75, 3.05) is 5.75 Å². The molecule has 0 saturated heterocycles. The highest BCUT2D eigenvalue weighted by Crippen LogP contribution is 2.34. The Balaban J connectivity index is 2.40. The molecule has 0 fully saturated rings. The van der Waals surface area contributed by atoms with E-state index < -0.39 is 6.23 Å². The number of fused-ring (bicyclic) bond motifs is 3. The first-order chi connectivity index (χ1) is 6.36. The van der Waals surface area contributed by atoms with Crippen LogP contribution < -0.4 is 0 Å². The molecule has 0 unspecified atom stereocenters. The van der Waals surface area contributed by atoms with Gasteiger partial charge in [-0.25, -0.2) is 4.98 Å². The van der Waals surface area contributed by atoms with Gasteiger partial charge < -0.3 is 5.11 Å². The third kappa shape index (κ3) is 0.927. The summed E-state index contributed by atoms with van der Waals surface area (Å²) in [5.41, 5.74) is 1.98. The van der Waals surface area contributed by atoms with E-state index in [1.54, 1.807) is 11.8 Å². The maximum Gasteiger partial charge on any atom is 0.171 e. The summed E-state index contributed by atoms with van der Waals surface area (Å²) >= 11 is 1.60. The minimum Gasteiger partial charge on any atom is -0.372 e. The zero-order chi connectivity index (χ0) is 8.84. The van der Waals surface area contributed by atoms with E-state index in [0.717, 1.165) is 16.2 Å². The molecule has 1 N–H and O–H groups in total. The van der Waals surface area contributed by atoms with Crippen molar-refractivity contribution < 1.29 is 5.11 Å². The fourth-order valence-corrected chi connectivity index (χ4v) is 2.61. The summed E-state index contributed by atoms with van der Waals surface area (Å²) in [5.74, 6) is 0.715. The van der Waals surface area contributed by atoms with Crippen LogP contribution in [0.15, 0.2) is 29.4 Å². The first-order valence-electron chi connectivity index (χ1n) is 4.14. The molecule has 0 saturated carbocycles. The molecule has 66 valence electrons. The molecule has 3 nitrogen and oxygen atoms in total. The summed E-state index contributed by atoms with van der Waals surface area (Å²) in [5, 5.41) is 10.6. The number of thioether (sulfide) groups is 1. The quantitative estimate of drug-likeness (QED) is 0.689. The van der Waals surface area contributed by atoms with E-state index >= 15 is 0 Å². The van der Waals surface area contributed by atoms with Gasteiger partial charge in [0, 0.05) is 5.75 Å². The SMILES string of the molecule is O[C@H]1CSc2nc3ccccc3n21. The van der Waals surface area contributed by atoms with Gasteiger partial charge in [0.15, 0.2) is 5.16 Å². The van der Waals surface area contributed by atoms with Crippen LogP contribution in [0.2, 0.25) is 0 Å². The molecule has 1 aromatic carbocycles. The van der Waals surface area contributed by atoms with E-state index in [0.29, 0.717) is 5.75 Å². The van der Waals surface area contributed by atoms with Crippen LogP contribution in [0.4, 0.5) is 0 Å². The number of rotatable bonds is 0. The average Bonchev–Trinajstić information content (AvgIpc) is 2.66. The molecule has 1 atom stereocenters. The predicted octanol–water partition coefficient (Wildman–Crippen LogP) is 1.63. The van der Waals surface area contributed by atoms with Gasteiger partial charge in [-0.2, -0.15) is 0 Å². The number of imidazole rings is 1. The van der Waals surface area contributed by atoms with Gasteiger partial charge in [0.1, 0.15) is 6.23 Å². The number of aliphatic hydroxyl groups excluding tert-OH is 1. The maximum atomic E-state index is 9.67. The van der Waals surface area contributed by atoms with E-state index in [1.807, 2.05) is 28.8 Å². The lowest BCUT2D eigenvalue weighted by atomic mass is 10.3. The van der Waals surface area contributed by atoms with E-state index in [4.69, 9.17) is 0 Å². The molecule has 0 radical (unpaired) electrons. The molecule has 0 spiro atoms. The number of aliphatic hydroxyl groups is 1. The van der Waals surface area contributed by atoms with Crippen molar-refractivity contribution in [2.24, 2.45) is 0 Å². The van der Waals surface area contributed by atoms with E-state index in [9.17, 15) is 5.11 Å². The zero-order valence-electron chi connectivity index (χ0n) is 6.84. The predicted molar refractivity (Wildman–Crippen MR) is 51.7 cm³/mol. The summed E-state index contributed by atoms with van der Waals surface area (Å²) in [4.78, 5) is 4.41. The minimum absolute atomic E-state index is 0.410. The second-order valence-corrected chi connectivity index (χ2v) is 4.03. The Labute approximate surface area is 79.4 Å². The summed E-state index contributed by atoms with van der Waals surface area (Å²) in [7, 11) is 0. The molecule has 3 rings (SSSR count). The molecular formula is C9H8N2OS. The van der Waals surface area contributed by atoms with Crippen LogP contribution in [0.1, 0.15) is 6.23 Å². The van der Waals surface area contributed by atoms with Gasteiger partial charge in [-0.3, -0.25) is 4.57 Å². The number of aromatic nitrogens is 2. The van der Waals surface area contributed by atoms with Crippen molar-refractivity contribution in [2.45, 2.75) is 11.4 Å².